The van der Waals surface area contributed by atoms with Crippen LogP contribution in [-0.2, 0) is 0 Å². The summed E-state index contributed by atoms with van der Waals surface area (Å²) in [6, 6.07) is 18.0. The predicted octanol–water partition coefficient (Wildman–Crippen LogP) is 11.6. The first-order valence-electron chi connectivity index (χ1n) is 18.4. The third-order valence-electron chi connectivity index (χ3n) is 12.3. The summed E-state index contributed by atoms with van der Waals surface area (Å²) in [5.74, 6) is 4.17. The third kappa shape index (κ3) is 5.83. The van der Waals surface area contributed by atoms with E-state index in [1.54, 1.807) is 11.1 Å². The summed E-state index contributed by atoms with van der Waals surface area (Å²) < 4.78 is 2.39. The normalized spacial score (nSPS) is 27.1. The molecule has 4 unspecified atom stereocenters. The van der Waals surface area contributed by atoms with Crippen molar-refractivity contribution in [2.75, 3.05) is 5.32 Å². The van der Waals surface area contributed by atoms with E-state index in [1.165, 1.54) is 125 Å². The number of fused-ring (bicyclic) bond motifs is 1. The molecule has 44 heavy (non-hydrogen) atoms. The van der Waals surface area contributed by atoms with Gasteiger partial charge in [-0.05, 0) is 83.9 Å². The summed E-state index contributed by atoms with van der Waals surface area (Å²) in [4.78, 5) is 0. The average molecular weight is 589 g/mol. The highest BCUT2D eigenvalue weighted by molar-refractivity contribution is 5.63. The van der Waals surface area contributed by atoms with Gasteiger partial charge in [-0.15, -0.1) is 6.08 Å². The molecule has 0 saturated heterocycles. The van der Waals surface area contributed by atoms with Crippen LogP contribution in [-0.4, -0.2) is 11.3 Å². The molecule has 5 aliphatic rings. The van der Waals surface area contributed by atoms with Crippen LogP contribution in [0.5, 0.6) is 0 Å². The lowest BCUT2D eigenvalue weighted by Crippen LogP contribution is -2.39. The number of para-hydroxylation sites is 1. The summed E-state index contributed by atoms with van der Waals surface area (Å²) in [7, 11) is 0. The molecule has 1 heterocycles. The number of benzene rings is 2. The monoisotopic (exact) mass is 588 g/mol. The topological polar surface area (TPSA) is 15.0 Å². The predicted molar refractivity (Wildman–Crippen MR) is 186 cm³/mol. The molecule has 4 fully saturated rings. The van der Waals surface area contributed by atoms with Crippen LogP contribution >= 0.6 is 0 Å². The van der Waals surface area contributed by atoms with E-state index < -0.39 is 0 Å². The molecule has 2 nitrogen and oxygen atoms in total. The SMILES string of the molecule is C=[N+]1C(C(Nc2c(C3CCCC3)cccc2C2CCCC2)c2ccccc2C(C)C)=CC=C[C-]1C1CCCC2CCCCC21. The molecule has 0 spiro atoms. The summed E-state index contributed by atoms with van der Waals surface area (Å²) in [5.41, 5.74) is 8.76. The van der Waals surface area contributed by atoms with Gasteiger partial charge >= 0.3 is 0 Å². The number of anilines is 1. The molecular weight excluding hydrogens is 532 g/mol. The van der Waals surface area contributed by atoms with Gasteiger partial charge in [0.15, 0.2) is 0 Å². The van der Waals surface area contributed by atoms with Crippen LogP contribution in [0, 0.1) is 23.8 Å². The molecule has 1 N–H and O–H groups in total. The van der Waals surface area contributed by atoms with Crippen LogP contribution in [0.3, 0.4) is 0 Å². The van der Waals surface area contributed by atoms with Gasteiger partial charge < -0.3 is 5.32 Å². The van der Waals surface area contributed by atoms with Crippen LogP contribution in [0.1, 0.15) is 156 Å². The minimum absolute atomic E-state index is 0.0551. The first-order valence-corrected chi connectivity index (χ1v) is 18.4. The van der Waals surface area contributed by atoms with Gasteiger partial charge in [0.25, 0.3) is 0 Å². The second-order valence-electron chi connectivity index (χ2n) is 15.2. The highest BCUT2D eigenvalue weighted by Gasteiger charge is 2.42. The van der Waals surface area contributed by atoms with E-state index >= 15 is 0 Å². The summed E-state index contributed by atoms with van der Waals surface area (Å²) >= 11 is 0. The highest BCUT2D eigenvalue weighted by atomic mass is 15.1. The summed E-state index contributed by atoms with van der Waals surface area (Å²) in [6.45, 7) is 9.58. The number of hydrogen-bond acceptors (Lipinski definition) is 1. The smallest absolute Gasteiger partial charge is 0.126 e. The fraction of sp³-hybridized carbons (Fsp3) is 0.571. The zero-order chi connectivity index (χ0) is 30.0. The van der Waals surface area contributed by atoms with Gasteiger partial charge in [0.05, 0.1) is 6.72 Å². The number of rotatable bonds is 8. The molecule has 1 aliphatic heterocycles. The molecule has 7 rings (SSSR count). The van der Waals surface area contributed by atoms with Crippen molar-refractivity contribution >= 4 is 12.4 Å². The maximum absolute atomic E-state index is 4.87. The Labute approximate surface area is 268 Å². The van der Waals surface area contributed by atoms with Crippen LogP contribution in [0.25, 0.3) is 0 Å². The molecule has 4 saturated carbocycles. The first-order chi connectivity index (χ1) is 21.6. The Morgan fingerprint density at radius 3 is 2.02 bits per heavy atom. The Kier molecular flexibility index (Phi) is 9.06. The van der Waals surface area contributed by atoms with E-state index in [0.717, 1.165) is 11.8 Å². The Bertz CT molecular complexity index is 1330. The zero-order valence-electron chi connectivity index (χ0n) is 27.6. The van der Waals surface area contributed by atoms with Crippen molar-refractivity contribution in [1.29, 1.82) is 0 Å². The Morgan fingerprint density at radius 2 is 1.34 bits per heavy atom. The number of allylic oxidation sites excluding steroid dienone is 2. The molecule has 4 atom stereocenters. The van der Waals surface area contributed by atoms with E-state index in [4.69, 9.17) is 6.72 Å². The van der Waals surface area contributed by atoms with Gasteiger partial charge in [-0.1, -0.05) is 133 Å². The van der Waals surface area contributed by atoms with Crippen LogP contribution in [0.2, 0.25) is 0 Å². The lowest BCUT2D eigenvalue weighted by molar-refractivity contribution is -0.463. The zero-order valence-corrected chi connectivity index (χ0v) is 27.6. The van der Waals surface area contributed by atoms with Crippen molar-refractivity contribution in [3.8, 4) is 0 Å². The van der Waals surface area contributed by atoms with Crippen LogP contribution in [0.4, 0.5) is 5.69 Å². The van der Waals surface area contributed by atoms with E-state index in [0.29, 0.717) is 23.7 Å². The van der Waals surface area contributed by atoms with Gasteiger partial charge in [-0.3, -0.25) is 4.58 Å². The maximum Gasteiger partial charge on any atom is 0.126 e. The molecule has 0 radical (unpaired) electrons. The quantitative estimate of drug-likeness (QED) is 0.239. The third-order valence-corrected chi connectivity index (χ3v) is 12.3. The molecule has 2 aromatic rings. The first kappa shape index (κ1) is 29.9. The fourth-order valence-corrected chi connectivity index (χ4v) is 10.1. The van der Waals surface area contributed by atoms with E-state index in [1.807, 2.05) is 0 Å². The van der Waals surface area contributed by atoms with Gasteiger partial charge in [0.2, 0.25) is 0 Å². The highest BCUT2D eigenvalue weighted by Crippen LogP contribution is 2.50. The average Bonchev–Trinajstić information content (AvgIpc) is 3.79. The Hall–Kier alpha value is -2.74. The maximum atomic E-state index is 4.87. The molecular formula is C42H56N2. The lowest BCUT2D eigenvalue weighted by atomic mass is 9.63. The van der Waals surface area contributed by atoms with Crippen molar-refractivity contribution < 1.29 is 4.58 Å². The minimum atomic E-state index is 0.0551. The van der Waals surface area contributed by atoms with Crippen molar-refractivity contribution in [2.45, 2.75) is 134 Å². The molecule has 4 aliphatic carbocycles. The number of nitrogens with one attached hydrogen (secondary N) is 1. The lowest BCUT2D eigenvalue weighted by Gasteiger charge is -2.45. The number of nitrogens with zero attached hydrogens (tertiary/aromatic N) is 1. The van der Waals surface area contributed by atoms with Gasteiger partial charge in [-0.2, -0.15) is 0 Å². The van der Waals surface area contributed by atoms with Crippen molar-refractivity contribution in [2.24, 2.45) is 17.8 Å². The molecule has 0 amide bonds. The molecule has 2 heteroatoms. The standard InChI is InChI=1S/C42H56N2/c1-29(2)33-21-10-11-23-38(33)42(40-28-14-27-39(44(40)3)37-26-12-20-30-15-8-9-22-34(30)37)43-41-35(31-16-4-5-17-31)24-13-25-36(41)32-18-6-7-19-32/h10-11,13-14,21,23-25,27-32,34,37,42-43H,3-9,12,15-20,22,26H2,1-2H3. The largest absolute Gasteiger partial charge is 0.376 e. The van der Waals surface area contributed by atoms with E-state index in [9.17, 15) is 0 Å². The summed E-state index contributed by atoms with van der Waals surface area (Å²) in [5, 5.41) is 4.36. The van der Waals surface area contributed by atoms with E-state index in [2.05, 4.69) is 84.4 Å². The Morgan fingerprint density at radius 1 is 0.727 bits per heavy atom. The number of hydrogen-bond donors (Lipinski definition) is 1. The fourth-order valence-electron chi connectivity index (χ4n) is 10.1. The van der Waals surface area contributed by atoms with Gasteiger partial charge in [0, 0.05) is 11.6 Å². The van der Waals surface area contributed by atoms with Crippen LogP contribution in [0.15, 0.2) is 66.4 Å². The van der Waals surface area contributed by atoms with Crippen molar-refractivity contribution in [1.82, 2.24) is 0 Å². The Balaban J connectivity index is 1.30. The van der Waals surface area contributed by atoms with Gasteiger partial charge in [0.1, 0.15) is 17.8 Å². The second kappa shape index (κ2) is 13.3. The van der Waals surface area contributed by atoms with E-state index in [-0.39, 0.29) is 6.04 Å². The molecule has 0 bridgehead atoms. The molecule has 0 aromatic heterocycles. The van der Waals surface area contributed by atoms with Crippen LogP contribution < -0.4 is 5.32 Å². The second-order valence-corrected chi connectivity index (χ2v) is 15.2. The van der Waals surface area contributed by atoms with Gasteiger partial charge in [-0.25, -0.2) is 0 Å². The molecule has 2 aromatic carbocycles. The summed E-state index contributed by atoms with van der Waals surface area (Å²) in [6.07, 6.45) is 27.7. The molecule has 234 valence electrons. The van der Waals surface area contributed by atoms with Crippen molar-refractivity contribution in [3.05, 3.63) is 94.7 Å². The minimum Gasteiger partial charge on any atom is -0.376 e. The van der Waals surface area contributed by atoms with Crippen molar-refractivity contribution in [3.63, 3.8) is 0 Å².